The van der Waals surface area contributed by atoms with Gasteiger partial charge in [-0.05, 0) is 50.1 Å². The van der Waals surface area contributed by atoms with Gasteiger partial charge in [0.2, 0.25) is 0 Å². The van der Waals surface area contributed by atoms with Crippen LogP contribution >= 0.6 is 12.4 Å². The van der Waals surface area contributed by atoms with Crippen molar-refractivity contribution in [2.75, 3.05) is 46.2 Å². The Morgan fingerprint density at radius 2 is 1.81 bits per heavy atom. The minimum absolute atomic E-state index is 0. The molecule has 0 unspecified atom stereocenters. The second kappa shape index (κ2) is 12.3. The molecule has 0 atom stereocenters. The van der Waals surface area contributed by atoms with Crippen molar-refractivity contribution in [3.63, 3.8) is 0 Å². The smallest absolute Gasteiger partial charge is 0.319 e. The number of piperidine rings is 1. The first-order chi connectivity index (χ1) is 15.0. The predicted octanol–water partition coefficient (Wildman–Crippen LogP) is 3.65. The highest BCUT2D eigenvalue weighted by Crippen LogP contribution is 2.27. The molecule has 174 valence electrons. The number of nitrogens with zero attached hydrogens (tertiary/aromatic N) is 2. The predicted molar refractivity (Wildman–Crippen MR) is 130 cm³/mol. The fourth-order valence-corrected chi connectivity index (χ4v) is 3.94. The fraction of sp³-hybridized carbons (Fsp3) is 0.417. The average molecular weight is 461 g/mol. The van der Waals surface area contributed by atoms with Gasteiger partial charge in [0.25, 0.3) is 5.91 Å². The number of hydrogen-bond acceptors (Lipinski definition) is 4. The molecular formula is C24H33ClN4O3. The third kappa shape index (κ3) is 6.61. The van der Waals surface area contributed by atoms with Gasteiger partial charge in [-0.25, -0.2) is 4.79 Å². The largest absolute Gasteiger partial charge is 0.495 e. The highest BCUT2D eigenvalue weighted by molar-refractivity contribution is 5.97. The Labute approximate surface area is 196 Å². The van der Waals surface area contributed by atoms with E-state index in [-0.39, 0.29) is 24.3 Å². The maximum Gasteiger partial charge on any atom is 0.319 e. The number of likely N-dealkylation sites (tertiary alicyclic amines) is 1. The van der Waals surface area contributed by atoms with E-state index < -0.39 is 0 Å². The Bertz CT molecular complexity index is 886. The van der Waals surface area contributed by atoms with E-state index in [2.05, 4.69) is 46.8 Å². The number of benzene rings is 2. The average Bonchev–Trinajstić information content (AvgIpc) is 2.83. The minimum Gasteiger partial charge on any atom is -0.495 e. The van der Waals surface area contributed by atoms with E-state index >= 15 is 0 Å². The van der Waals surface area contributed by atoms with Gasteiger partial charge in [-0.2, -0.15) is 0 Å². The van der Waals surface area contributed by atoms with E-state index in [9.17, 15) is 9.59 Å². The summed E-state index contributed by atoms with van der Waals surface area (Å²) in [6.45, 7) is 2.49. The van der Waals surface area contributed by atoms with E-state index in [1.165, 1.54) is 12.7 Å². The van der Waals surface area contributed by atoms with Crippen LogP contribution in [0.4, 0.5) is 10.5 Å². The summed E-state index contributed by atoms with van der Waals surface area (Å²) in [5, 5.41) is 5.19. The zero-order valence-electron chi connectivity index (χ0n) is 19.0. The zero-order valence-corrected chi connectivity index (χ0v) is 19.8. The Balaban J connectivity index is 0.00000363. The van der Waals surface area contributed by atoms with Crippen molar-refractivity contribution in [1.29, 1.82) is 0 Å². The summed E-state index contributed by atoms with van der Waals surface area (Å²) in [6, 6.07) is 15.8. The summed E-state index contributed by atoms with van der Waals surface area (Å²) < 4.78 is 5.36. The van der Waals surface area contributed by atoms with Crippen LogP contribution in [0.15, 0.2) is 48.5 Å². The molecule has 0 spiro atoms. The minimum atomic E-state index is -0.337. The van der Waals surface area contributed by atoms with Gasteiger partial charge in [0.1, 0.15) is 5.75 Å². The SMILES string of the molecule is CNC(=O)Nc1ccc(C(=O)N2CCC(N(C)CCc3ccccc3)CC2)cc1OC.Cl. The summed E-state index contributed by atoms with van der Waals surface area (Å²) >= 11 is 0. The van der Waals surface area contributed by atoms with Crippen LogP contribution in [0.3, 0.4) is 0 Å². The molecule has 3 rings (SSSR count). The van der Waals surface area contributed by atoms with Crippen molar-refractivity contribution in [1.82, 2.24) is 15.1 Å². The first-order valence-corrected chi connectivity index (χ1v) is 10.7. The Morgan fingerprint density at radius 1 is 1.12 bits per heavy atom. The highest BCUT2D eigenvalue weighted by atomic mass is 35.5. The van der Waals surface area contributed by atoms with Crippen LogP contribution in [-0.4, -0.2) is 68.6 Å². The number of halogens is 1. The van der Waals surface area contributed by atoms with Crippen molar-refractivity contribution in [2.24, 2.45) is 0 Å². The summed E-state index contributed by atoms with van der Waals surface area (Å²) in [5.74, 6) is 0.458. The second-order valence-corrected chi connectivity index (χ2v) is 7.86. The molecule has 1 saturated heterocycles. The normalized spacial score (nSPS) is 13.9. The maximum atomic E-state index is 13.0. The number of amides is 3. The molecule has 8 heteroatoms. The Kier molecular flexibility index (Phi) is 9.81. The molecule has 2 aromatic rings. The van der Waals surface area contributed by atoms with E-state index in [1.807, 2.05) is 11.0 Å². The van der Waals surface area contributed by atoms with Gasteiger partial charge in [0.15, 0.2) is 0 Å². The number of hydrogen-bond donors (Lipinski definition) is 2. The van der Waals surface area contributed by atoms with Gasteiger partial charge < -0.3 is 25.2 Å². The van der Waals surface area contributed by atoms with Gasteiger partial charge in [0, 0.05) is 38.3 Å². The fourth-order valence-electron chi connectivity index (χ4n) is 3.94. The van der Waals surface area contributed by atoms with Gasteiger partial charge >= 0.3 is 6.03 Å². The first kappa shape index (κ1) is 25.5. The molecule has 0 aliphatic carbocycles. The van der Waals surface area contributed by atoms with Crippen molar-refractivity contribution in [2.45, 2.75) is 25.3 Å². The lowest BCUT2D eigenvalue weighted by molar-refractivity contribution is 0.0646. The molecule has 0 radical (unpaired) electrons. The maximum absolute atomic E-state index is 13.0. The van der Waals surface area contributed by atoms with E-state index in [1.54, 1.807) is 25.2 Å². The number of rotatable bonds is 7. The van der Waals surface area contributed by atoms with Gasteiger partial charge in [0.05, 0.1) is 12.8 Å². The molecule has 7 nitrogen and oxygen atoms in total. The number of urea groups is 1. The number of carbonyl (C=O) groups excluding carboxylic acids is 2. The molecule has 2 N–H and O–H groups in total. The van der Waals surface area contributed by atoms with Gasteiger partial charge in [-0.15, -0.1) is 12.4 Å². The van der Waals surface area contributed by atoms with Crippen molar-refractivity contribution < 1.29 is 14.3 Å². The van der Waals surface area contributed by atoms with Crippen molar-refractivity contribution >= 4 is 30.0 Å². The monoisotopic (exact) mass is 460 g/mol. The molecule has 0 aromatic heterocycles. The van der Waals surface area contributed by atoms with Crippen LogP contribution < -0.4 is 15.4 Å². The molecule has 2 aromatic carbocycles. The number of carbonyl (C=O) groups is 2. The van der Waals surface area contributed by atoms with Gasteiger partial charge in [-0.3, -0.25) is 4.79 Å². The molecule has 3 amide bonds. The van der Waals surface area contributed by atoms with Crippen LogP contribution in [0, 0.1) is 0 Å². The number of likely N-dealkylation sites (N-methyl/N-ethyl adjacent to an activating group) is 1. The zero-order chi connectivity index (χ0) is 22.2. The third-order valence-electron chi connectivity index (χ3n) is 5.89. The molecule has 1 aliphatic heterocycles. The van der Waals surface area contributed by atoms with Crippen LogP contribution in [-0.2, 0) is 6.42 Å². The molecule has 0 bridgehead atoms. The van der Waals surface area contributed by atoms with E-state index in [0.717, 1.165) is 38.9 Å². The number of ether oxygens (including phenoxy) is 1. The quantitative estimate of drug-likeness (QED) is 0.661. The lowest BCUT2D eigenvalue weighted by atomic mass is 10.0. The second-order valence-electron chi connectivity index (χ2n) is 7.86. The van der Waals surface area contributed by atoms with Crippen LogP contribution in [0.1, 0.15) is 28.8 Å². The third-order valence-corrected chi connectivity index (χ3v) is 5.89. The number of methoxy groups -OCH3 is 1. The van der Waals surface area contributed by atoms with E-state index in [4.69, 9.17) is 4.74 Å². The Hall–Kier alpha value is -2.77. The Morgan fingerprint density at radius 3 is 2.44 bits per heavy atom. The van der Waals surface area contributed by atoms with Crippen molar-refractivity contribution in [3.8, 4) is 5.75 Å². The summed E-state index contributed by atoms with van der Waals surface area (Å²) in [4.78, 5) is 28.9. The summed E-state index contributed by atoms with van der Waals surface area (Å²) in [5.41, 5.74) is 2.44. The molecule has 1 fully saturated rings. The summed E-state index contributed by atoms with van der Waals surface area (Å²) in [7, 11) is 5.24. The molecule has 1 aliphatic rings. The number of anilines is 1. The van der Waals surface area contributed by atoms with Crippen LogP contribution in [0.2, 0.25) is 0 Å². The molecule has 32 heavy (non-hydrogen) atoms. The molecule has 1 heterocycles. The van der Waals surface area contributed by atoms with E-state index in [0.29, 0.717) is 23.0 Å². The van der Waals surface area contributed by atoms with Crippen LogP contribution in [0.5, 0.6) is 5.75 Å². The van der Waals surface area contributed by atoms with Crippen molar-refractivity contribution in [3.05, 3.63) is 59.7 Å². The highest BCUT2D eigenvalue weighted by Gasteiger charge is 2.26. The number of nitrogens with one attached hydrogen (secondary N) is 2. The van der Waals surface area contributed by atoms with Gasteiger partial charge in [-0.1, -0.05) is 30.3 Å². The summed E-state index contributed by atoms with van der Waals surface area (Å²) in [6.07, 6.45) is 2.96. The molecular weight excluding hydrogens is 428 g/mol. The standard InChI is InChI=1S/C24H32N4O3.ClH/c1-25-24(30)26-21-10-9-19(17-22(21)31-3)23(29)28-15-12-20(13-16-28)27(2)14-11-18-7-5-4-6-8-18;/h4-10,17,20H,11-16H2,1-3H3,(H2,25,26,30);1H. The van der Waals surface area contributed by atoms with Crippen LogP contribution in [0.25, 0.3) is 0 Å². The molecule has 0 saturated carbocycles. The topological polar surface area (TPSA) is 73.9 Å². The lowest BCUT2D eigenvalue weighted by Gasteiger charge is -2.37. The lowest BCUT2D eigenvalue weighted by Crippen LogP contribution is -2.46. The first-order valence-electron chi connectivity index (χ1n) is 10.7.